The van der Waals surface area contributed by atoms with Crippen LogP contribution in [0.4, 0.5) is 0 Å². The summed E-state index contributed by atoms with van der Waals surface area (Å²) in [4.78, 5) is 9.82. The van der Waals surface area contributed by atoms with Crippen molar-refractivity contribution in [3.63, 3.8) is 0 Å². The Bertz CT molecular complexity index is 137. The number of esters is 1. The Hall–Kier alpha value is -0.650. The molecule has 0 heterocycles. The highest BCUT2D eigenvalue weighted by Crippen LogP contribution is 1.74. The minimum absolute atomic E-state index is 0. The highest BCUT2D eigenvalue weighted by molar-refractivity contribution is 5.65. The molecule has 27 heavy (non-hydrogen) atoms. The van der Waals surface area contributed by atoms with E-state index >= 15 is 0 Å². The fourth-order valence-electron chi connectivity index (χ4n) is 0.633. The maximum absolute atomic E-state index is 9.82. The summed E-state index contributed by atoms with van der Waals surface area (Å²) in [6.45, 7) is 15.1. The van der Waals surface area contributed by atoms with E-state index in [2.05, 4.69) is 4.74 Å². The largest absolute Gasteiger partial charge is 0.466 e. The van der Waals surface area contributed by atoms with Crippen LogP contribution in [0.15, 0.2) is 0 Å². The van der Waals surface area contributed by atoms with Gasteiger partial charge in [-0.1, -0.05) is 66.8 Å². The third kappa shape index (κ3) is 198. The van der Waals surface area contributed by atoms with Crippen molar-refractivity contribution in [2.75, 3.05) is 39.8 Å². The van der Waals surface area contributed by atoms with Crippen molar-refractivity contribution >= 4 is 5.97 Å². The smallest absolute Gasteiger partial charge is 0.302 e. The van der Waals surface area contributed by atoms with Gasteiger partial charge in [0.05, 0.1) is 6.61 Å². The number of rotatable bonds is 7. The van der Waals surface area contributed by atoms with Crippen LogP contribution in [0.3, 0.4) is 0 Å². The molecule has 0 spiro atoms. The van der Waals surface area contributed by atoms with Gasteiger partial charge in [0.2, 0.25) is 0 Å². The first-order valence-electron chi connectivity index (χ1n) is 6.46. The SMILES string of the molecule is C.C.C.C.C.C.C.C.C.CCOC(C)=O.CCOCC.CCOCOCC. The van der Waals surface area contributed by atoms with E-state index in [1.54, 1.807) is 6.92 Å². The van der Waals surface area contributed by atoms with Gasteiger partial charge >= 0.3 is 5.97 Å². The maximum atomic E-state index is 9.82. The number of carbonyl (C=O) groups is 1. The van der Waals surface area contributed by atoms with Crippen LogP contribution in [-0.4, -0.2) is 45.8 Å². The molecule has 0 amide bonds. The van der Waals surface area contributed by atoms with Gasteiger partial charge in [-0.15, -0.1) is 0 Å². The van der Waals surface area contributed by atoms with Gasteiger partial charge in [0.15, 0.2) is 0 Å². The highest BCUT2D eigenvalue weighted by Gasteiger charge is 1.81. The van der Waals surface area contributed by atoms with Crippen LogP contribution in [0.2, 0.25) is 0 Å². The molecule has 0 saturated carbocycles. The zero-order chi connectivity index (χ0) is 14.6. The Morgan fingerprint density at radius 1 is 0.519 bits per heavy atom. The lowest BCUT2D eigenvalue weighted by atomic mass is 10.8. The van der Waals surface area contributed by atoms with Crippen molar-refractivity contribution in [1.29, 1.82) is 0 Å². The molecule has 0 unspecified atom stereocenters. The fourth-order valence-corrected chi connectivity index (χ4v) is 0.633. The molecule has 0 aliphatic rings. The lowest BCUT2D eigenvalue weighted by Crippen LogP contribution is -1.97. The second-order valence-electron chi connectivity index (χ2n) is 2.81. The molecule has 0 rings (SSSR count). The van der Waals surface area contributed by atoms with Gasteiger partial charge in [0.25, 0.3) is 0 Å². The molecule has 0 aromatic rings. The van der Waals surface area contributed by atoms with Crippen molar-refractivity contribution in [3.05, 3.63) is 0 Å². The normalized spacial score (nSPS) is 5.70. The molecule has 0 aromatic heterocycles. The van der Waals surface area contributed by atoms with Gasteiger partial charge in [0.1, 0.15) is 6.79 Å². The zero-order valence-corrected chi connectivity index (χ0v) is 12.8. The van der Waals surface area contributed by atoms with Gasteiger partial charge in [-0.25, -0.2) is 0 Å². The summed E-state index contributed by atoms with van der Waals surface area (Å²) < 4.78 is 18.9. The molecule has 0 aliphatic carbocycles. The van der Waals surface area contributed by atoms with E-state index in [-0.39, 0.29) is 72.8 Å². The van der Waals surface area contributed by atoms with Crippen LogP contribution < -0.4 is 0 Å². The molecule has 5 heteroatoms. The quantitative estimate of drug-likeness (QED) is 0.240. The maximum Gasteiger partial charge on any atom is 0.302 e. The third-order valence-electron chi connectivity index (χ3n) is 1.33. The number of carbonyl (C=O) groups excluding carboxylic acids is 1. The summed E-state index contributed by atoms with van der Waals surface area (Å²) in [5, 5.41) is 0. The lowest BCUT2D eigenvalue weighted by molar-refractivity contribution is -0.140. The van der Waals surface area contributed by atoms with Gasteiger partial charge in [0, 0.05) is 33.4 Å². The zero-order valence-electron chi connectivity index (χ0n) is 12.8. The average Bonchev–Trinajstić information content (AvgIpc) is 2.32. The fraction of sp³-hybridized carbons (Fsp3) is 0.955. The Morgan fingerprint density at radius 3 is 0.852 bits per heavy atom. The summed E-state index contributed by atoms with van der Waals surface area (Å²) in [5.74, 6) is -0.211. The topological polar surface area (TPSA) is 54.0 Å². The van der Waals surface area contributed by atoms with Crippen molar-refractivity contribution in [1.82, 2.24) is 0 Å². The molecular weight excluding hydrogens is 344 g/mol. The highest BCUT2D eigenvalue weighted by atomic mass is 16.7. The molecule has 5 nitrogen and oxygen atoms in total. The second-order valence-corrected chi connectivity index (χ2v) is 2.81. The van der Waals surface area contributed by atoms with E-state index in [0.717, 1.165) is 26.4 Å². The molecule has 0 aliphatic heterocycles. The number of hydrogen-bond acceptors (Lipinski definition) is 5. The molecule has 0 fully saturated rings. The van der Waals surface area contributed by atoms with Crippen molar-refractivity contribution < 1.29 is 23.7 Å². The standard InChI is InChI=1S/C5H12O2.C4H8O2.C4H10O.9CH4/c1-3-6-5-7-4-2;1-3-6-4(2)5;1-3-5-4-2;;;;;;;;;/h3-5H2,1-2H3;3H2,1-2H3;3-4H2,1-2H3;9*1H4. The molecule has 0 aromatic carbocycles. The number of hydrogen-bond donors (Lipinski definition) is 0. The van der Waals surface area contributed by atoms with Gasteiger partial charge < -0.3 is 18.9 Å². The average molecular weight is 411 g/mol. The van der Waals surface area contributed by atoms with E-state index in [0.29, 0.717) is 13.4 Å². The minimum atomic E-state index is -0.211. The van der Waals surface area contributed by atoms with E-state index in [1.807, 2.05) is 27.7 Å². The Morgan fingerprint density at radius 2 is 0.778 bits per heavy atom. The van der Waals surface area contributed by atoms with Gasteiger partial charge in [-0.05, 0) is 34.6 Å². The first-order valence-corrected chi connectivity index (χ1v) is 6.46. The summed E-state index contributed by atoms with van der Waals surface area (Å²) in [5.41, 5.74) is 0. The van der Waals surface area contributed by atoms with Crippen LogP contribution in [-0.2, 0) is 23.7 Å². The molecule has 0 radical (unpaired) electrons. The van der Waals surface area contributed by atoms with Crippen LogP contribution in [0.25, 0.3) is 0 Å². The monoisotopic (exact) mass is 410 g/mol. The van der Waals surface area contributed by atoms with Crippen LogP contribution >= 0.6 is 0 Å². The first-order chi connectivity index (χ1) is 8.60. The van der Waals surface area contributed by atoms with Crippen molar-refractivity contribution in [2.45, 2.75) is 108 Å². The van der Waals surface area contributed by atoms with Crippen molar-refractivity contribution in [3.8, 4) is 0 Å². The lowest BCUT2D eigenvalue weighted by Gasteiger charge is -1.97. The number of ether oxygens (including phenoxy) is 4. The summed E-state index contributed by atoms with van der Waals surface area (Å²) >= 11 is 0. The Kier molecular flexibility index (Phi) is 300. The molecule has 0 saturated heterocycles. The molecule has 0 bridgehead atoms. The van der Waals surface area contributed by atoms with E-state index in [9.17, 15) is 4.79 Å². The first kappa shape index (κ1) is 82.2. The Balaban J connectivity index is -0.0000000108. The van der Waals surface area contributed by atoms with Crippen molar-refractivity contribution in [2.24, 2.45) is 0 Å². The van der Waals surface area contributed by atoms with Gasteiger partial charge in [-0.2, -0.15) is 0 Å². The van der Waals surface area contributed by atoms with Gasteiger partial charge in [-0.3, -0.25) is 4.79 Å². The molecule has 184 valence electrons. The minimum Gasteiger partial charge on any atom is -0.466 e. The van der Waals surface area contributed by atoms with Crippen LogP contribution in [0, 0.1) is 0 Å². The van der Waals surface area contributed by atoms with Crippen LogP contribution in [0.1, 0.15) is 108 Å². The third-order valence-corrected chi connectivity index (χ3v) is 1.33. The predicted octanol–water partition coefficient (Wildman–Crippen LogP) is 8.35. The molecule has 0 atom stereocenters. The molecule has 0 N–H and O–H groups in total. The summed E-state index contributed by atoms with van der Waals surface area (Å²) in [6, 6.07) is 0. The van der Waals surface area contributed by atoms with E-state index < -0.39 is 0 Å². The molecular formula is C22H66O5. The Labute approximate surface area is 178 Å². The van der Waals surface area contributed by atoms with Crippen LogP contribution in [0.5, 0.6) is 0 Å². The summed E-state index contributed by atoms with van der Waals surface area (Å²) in [6.07, 6.45) is 0. The summed E-state index contributed by atoms with van der Waals surface area (Å²) in [7, 11) is 0. The predicted molar refractivity (Wildman–Crippen MR) is 133 cm³/mol. The second kappa shape index (κ2) is 98.5. The van der Waals surface area contributed by atoms with E-state index in [1.165, 1.54) is 6.92 Å². The van der Waals surface area contributed by atoms with E-state index in [4.69, 9.17) is 14.2 Å².